The van der Waals surface area contributed by atoms with Crippen molar-refractivity contribution in [2.45, 2.75) is 37.6 Å². The number of rotatable bonds is 5. The van der Waals surface area contributed by atoms with Crippen molar-refractivity contribution in [1.82, 2.24) is 5.32 Å². The molecule has 0 saturated heterocycles. The Morgan fingerprint density at radius 3 is 2.47 bits per heavy atom. The van der Waals surface area contributed by atoms with Gasteiger partial charge < -0.3 is 9.47 Å². The summed E-state index contributed by atoms with van der Waals surface area (Å²) < 4.78 is 46.1. The van der Waals surface area contributed by atoms with Crippen molar-refractivity contribution in [3.8, 4) is 0 Å². The first kappa shape index (κ1) is 14.2. The minimum Gasteiger partial charge on any atom is -0.468 e. The third kappa shape index (κ3) is 3.57. The van der Waals surface area contributed by atoms with Crippen LogP contribution >= 0.6 is 0 Å². The van der Waals surface area contributed by atoms with Gasteiger partial charge in [-0.1, -0.05) is 0 Å². The standard InChI is InChI=1S/C10H16F3NO3/c1-3-17-7-4-9(5-7,8(15)16-2)14-6-10(11,12)13/h7,14H,3-6H2,1-2H3. The van der Waals surface area contributed by atoms with Gasteiger partial charge in [0, 0.05) is 19.4 Å². The number of carbonyl (C=O) groups excluding carboxylic acids is 1. The molecule has 0 aromatic rings. The lowest BCUT2D eigenvalue weighted by molar-refractivity contribution is -0.168. The van der Waals surface area contributed by atoms with E-state index in [1.165, 1.54) is 0 Å². The van der Waals surface area contributed by atoms with E-state index in [0.717, 1.165) is 7.11 Å². The Bertz CT molecular complexity index is 274. The van der Waals surface area contributed by atoms with E-state index < -0.39 is 24.2 Å². The van der Waals surface area contributed by atoms with E-state index in [4.69, 9.17) is 4.74 Å². The predicted octanol–water partition coefficient (Wildman–Crippen LogP) is 1.25. The fourth-order valence-electron chi connectivity index (χ4n) is 1.92. The predicted molar refractivity (Wildman–Crippen MR) is 53.5 cm³/mol. The Kier molecular flexibility index (Phi) is 4.37. The van der Waals surface area contributed by atoms with Crippen LogP contribution in [0.5, 0.6) is 0 Å². The largest absolute Gasteiger partial charge is 0.468 e. The summed E-state index contributed by atoms with van der Waals surface area (Å²) in [4.78, 5) is 11.5. The molecule has 0 heterocycles. The Hall–Kier alpha value is -0.820. The van der Waals surface area contributed by atoms with Crippen molar-refractivity contribution in [3.63, 3.8) is 0 Å². The second kappa shape index (κ2) is 5.22. The molecule has 1 fully saturated rings. The number of alkyl halides is 3. The van der Waals surface area contributed by atoms with E-state index in [2.05, 4.69) is 10.1 Å². The highest BCUT2D eigenvalue weighted by Crippen LogP contribution is 2.36. The summed E-state index contributed by atoms with van der Waals surface area (Å²) in [5, 5.41) is 2.23. The van der Waals surface area contributed by atoms with Crippen LogP contribution in [0.3, 0.4) is 0 Å². The third-order valence-electron chi connectivity index (χ3n) is 2.76. The van der Waals surface area contributed by atoms with Gasteiger partial charge in [0.15, 0.2) is 0 Å². The molecule has 1 aliphatic carbocycles. The average molecular weight is 255 g/mol. The number of methoxy groups -OCH3 is 1. The zero-order valence-corrected chi connectivity index (χ0v) is 9.76. The molecule has 0 spiro atoms. The van der Waals surface area contributed by atoms with Crippen LogP contribution in [0.1, 0.15) is 19.8 Å². The van der Waals surface area contributed by atoms with Crippen LogP contribution in [0.15, 0.2) is 0 Å². The van der Waals surface area contributed by atoms with Crippen LogP contribution in [0.4, 0.5) is 13.2 Å². The SMILES string of the molecule is CCOC1CC(NCC(F)(F)F)(C(=O)OC)C1. The van der Waals surface area contributed by atoms with Crippen molar-refractivity contribution < 1.29 is 27.4 Å². The molecule has 0 aliphatic heterocycles. The maximum absolute atomic E-state index is 12.1. The molecule has 17 heavy (non-hydrogen) atoms. The molecule has 0 unspecified atom stereocenters. The van der Waals surface area contributed by atoms with Crippen LogP contribution in [-0.2, 0) is 14.3 Å². The summed E-state index contributed by atoms with van der Waals surface area (Å²) >= 11 is 0. The van der Waals surface area contributed by atoms with Crippen LogP contribution in [-0.4, -0.2) is 44.0 Å². The lowest BCUT2D eigenvalue weighted by atomic mass is 9.74. The zero-order chi connectivity index (χ0) is 13.1. The molecule has 4 nitrogen and oxygen atoms in total. The molecule has 0 aromatic carbocycles. The van der Waals surface area contributed by atoms with Crippen LogP contribution in [0.25, 0.3) is 0 Å². The van der Waals surface area contributed by atoms with Gasteiger partial charge in [0.2, 0.25) is 0 Å². The molecular formula is C10H16F3NO3. The van der Waals surface area contributed by atoms with E-state index in [1.807, 2.05) is 0 Å². The van der Waals surface area contributed by atoms with Gasteiger partial charge in [0.25, 0.3) is 0 Å². The number of hydrogen-bond donors (Lipinski definition) is 1. The molecule has 0 aromatic heterocycles. The van der Waals surface area contributed by atoms with E-state index in [9.17, 15) is 18.0 Å². The van der Waals surface area contributed by atoms with Crippen molar-refractivity contribution in [1.29, 1.82) is 0 Å². The van der Waals surface area contributed by atoms with Gasteiger partial charge in [-0.2, -0.15) is 13.2 Å². The summed E-state index contributed by atoms with van der Waals surface area (Å²) in [5.41, 5.74) is -1.25. The van der Waals surface area contributed by atoms with Crippen LogP contribution in [0.2, 0.25) is 0 Å². The van der Waals surface area contributed by atoms with Crippen LogP contribution in [0, 0.1) is 0 Å². The molecule has 0 radical (unpaired) electrons. The molecule has 1 saturated carbocycles. The second-order valence-electron chi connectivity index (χ2n) is 4.03. The number of ether oxygens (including phenoxy) is 2. The number of esters is 1. The minimum absolute atomic E-state index is 0.181. The van der Waals surface area contributed by atoms with Crippen molar-refractivity contribution in [2.75, 3.05) is 20.3 Å². The van der Waals surface area contributed by atoms with E-state index >= 15 is 0 Å². The maximum Gasteiger partial charge on any atom is 0.401 e. The second-order valence-corrected chi connectivity index (χ2v) is 4.03. The Balaban J connectivity index is 2.55. The molecular weight excluding hydrogens is 239 g/mol. The number of nitrogens with one attached hydrogen (secondary N) is 1. The Labute approximate surface area is 97.5 Å². The van der Waals surface area contributed by atoms with Gasteiger partial charge in [0.1, 0.15) is 5.54 Å². The summed E-state index contributed by atoms with van der Waals surface area (Å²) in [6.45, 7) is 1.06. The highest BCUT2D eigenvalue weighted by Gasteiger charge is 2.52. The van der Waals surface area contributed by atoms with Gasteiger partial charge >= 0.3 is 12.1 Å². The molecule has 1 aliphatic rings. The van der Waals surface area contributed by atoms with E-state index in [-0.39, 0.29) is 18.9 Å². The first-order valence-electron chi connectivity index (χ1n) is 5.35. The van der Waals surface area contributed by atoms with Gasteiger partial charge in [-0.25, -0.2) is 0 Å². The van der Waals surface area contributed by atoms with E-state index in [1.54, 1.807) is 6.92 Å². The zero-order valence-electron chi connectivity index (χ0n) is 9.76. The van der Waals surface area contributed by atoms with Crippen molar-refractivity contribution in [3.05, 3.63) is 0 Å². The molecule has 7 heteroatoms. The minimum atomic E-state index is -4.35. The quantitative estimate of drug-likeness (QED) is 0.751. The van der Waals surface area contributed by atoms with Crippen molar-refractivity contribution in [2.24, 2.45) is 0 Å². The first-order valence-corrected chi connectivity index (χ1v) is 5.35. The highest BCUT2D eigenvalue weighted by atomic mass is 19.4. The summed E-state index contributed by atoms with van der Waals surface area (Å²) in [5.74, 6) is -0.669. The van der Waals surface area contributed by atoms with Gasteiger partial charge in [-0.15, -0.1) is 0 Å². The summed E-state index contributed by atoms with van der Waals surface area (Å²) in [6.07, 6.45) is -4.11. The van der Waals surface area contributed by atoms with Gasteiger partial charge in [-0.3, -0.25) is 10.1 Å². The molecule has 1 rings (SSSR count). The number of halogens is 3. The maximum atomic E-state index is 12.1. The summed E-state index contributed by atoms with van der Waals surface area (Å²) in [6, 6.07) is 0. The fourth-order valence-corrected chi connectivity index (χ4v) is 1.92. The highest BCUT2D eigenvalue weighted by molar-refractivity contribution is 5.82. The molecule has 0 amide bonds. The average Bonchev–Trinajstić information content (AvgIpc) is 2.19. The monoisotopic (exact) mass is 255 g/mol. The third-order valence-corrected chi connectivity index (χ3v) is 2.76. The fraction of sp³-hybridized carbons (Fsp3) is 0.900. The Morgan fingerprint density at radius 1 is 1.47 bits per heavy atom. The number of carbonyl (C=O) groups is 1. The molecule has 1 N–H and O–H groups in total. The van der Waals surface area contributed by atoms with Crippen LogP contribution < -0.4 is 5.32 Å². The van der Waals surface area contributed by atoms with Gasteiger partial charge in [0.05, 0.1) is 19.8 Å². The number of hydrogen-bond acceptors (Lipinski definition) is 4. The summed E-state index contributed by atoms with van der Waals surface area (Å²) in [7, 11) is 1.16. The molecule has 100 valence electrons. The molecule has 0 atom stereocenters. The smallest absolute Gasteiger partial charge is 0.401 e. The van der Waals surface area contributed by atoms with Gasteiger partial charge in [-0.05, 0) is 6.92 Å². The Morgan fingerprint density at radius 2 is 2.06 bits per heavy atom. The van der Waals surface area contributed by atoms with E-state index in [0.29, 0.717) is 6.61 Å². The molecule has 0 bridgehead atoms. The lowest BCUT2D eigenvalue weighted by Crippen LogP contribution is -2.65. The lowest BCUT2D eigenvalue weighted by Gasteiger charge is -2.45. The van der Waals surface area contributed by atoms with Crippen molar-refractivity contribution >= 4 is 5.97 Å². The topological polar surface area (TPSA) is 47.6 Å². The first-order chi connectivity index (χ1) is 7.83. The normalized spacial score (nSPS) is 28.6.